The first kappa shape index (κ1) is 20.0. The van der Waals surface area contributed by atoms with Crippen LogP contribution in [-0.4, -0.2) is 52.6 Å². The van der Waals surface area contributed by atoms with Gasteiger partial charge in [0.1, 0.15) is 11.6 Å². The Labute approximate surface area is 162 Å². The number of hydrogen-bond acceptors (Lipinski definition) is 4. The predicted octanol–water partition coefficient (Wildman–Crippen LogP) is 2.72. The molecule has 0 saturated carbocycles. The summed E-state index contributed by atoms with van der Waals surface area (Å²) in [5.41, 5.74) is 0.589. The van der Waals surface area contributed by atoms with E-state index in [9.17, 15) is 17.2 Å². The molecule has 1 N–H and O–H groups in total. The van der Waals surface area contributed by atoms with Gasteiger partial charge in [0.2, 0.25) is 10.0 Å². The summed E-state index contributed by atoms with van der Waals surface area (Å²) in [5, 5.41) is -0.234. The van der Waals surface area contributed by atoms with Gasteiger partial charge in [0, 0.05) is 39.3 Å². The molecule has 1 heterocycles. The molecule has 0 spiro atoms. The highest BCUT2D eigenvalue weighted by Crippen LogP contribution is 2.21. The molecule has 0 aromatic heterocycles. The number of rotatable bonds is 6. The van der Waals surface area contributed by atoms with Crippen LogP contribution < -0.4 is 9.62 Å². The molecular formula is C18H20ClF2N3O2S. The van der Waals surface area contributed by atoms with E-state index in [-0.39, 0.29) is 22.3 Å². The highest BCUT2D eigenvalue weighted by atomic mass is 35.5. The fraction of sp³-hybridized carbons (Fsp3) is 0.333. The molecule has 2 aromatic carbocycles. The van der Waals surface area contributed by atoms with Gasteiger partial charge in [0.15, 0.2) is 0 Å². The third-order valence-corrected chi connectivity index (χ3v) is 6.24. The van der Waals surface area contributed by atoms with Gasteiger partial charge in [-0.25, -0.2) is 21.9 Å². The van der Waals surface area contributed by atoms with Crippen molar-refractivity contribution in [3.05, 3.63) is 59.1 Å². The van der Waals surface area contributed by atoms with Crippen LogP contribution in [0.3, 0.4) is 0 Å². The minimum absolute atomic E-state index is 0.0710. The quantitative estimate of drug-likeness (QED) is 0.788. The summed E-state index contributed by atoms with van der Waals surface area (Å²) in [4.78, 5) is 4.02. The fourth-order valence-corrected chi connectivity index (χ4v) is 4.28. The van der Waals surface area contributed by atoms with Gasteiger partial charge in [-0.15, -0.1) is 0 Å². The van der Waals surface area contributed by atoms with Crippen molar-refractivity contribution in [1.82, 2.24) is 9.62 Å². The Morgan fingerprint density at radius 2 is 1.70 bits per heavy atom. The van der Waals surface area contributed by atoms with Crippen molar-refractivity contribution in [1.29, 1.82) is 0 Å². The first-order chi connectivity index (χ1) is 12.9. The van der Waals surface area contributed by atoms with Crippen molar-refractivity contribution in [3.63, 3.8) is 0 Å². The maximum absolute atomic E-state index is 13.9. The number of benzene rings is 2. The molecule has 1 aliphatic rings. The molecular weight excluding hydrogens is 396 g/mol. The number of piperazine rings is 1. The maximum atomic E-state index is 13.9. The maximum Gasteiger partial charge on any atom is 0.240 e. The van der Waals surface area contributed by atoms with Gasteiger partial charge in [-0.3, -0.25) is 4.90 Å². The zero-order valence-electron chi connectivity index (χ0n) is 14.5. The summed E-state index contributed by atoms with van der Waals surface area (Å²) >= 11 is 5.64. The summed E-state index contributed by atoms with van der Waals surface area (Å²) in [6.45, 7) is 3.50. The lowest BCUT2D eigenvalue weighted by atomic mass is 10.2. The molecule has 1 aliphatic heterocycles. The van der Waals surface area contributed by atoms with E-state index in [0.717, 1.165) is 12.1 Å². The second-order valence-electron chi connectivity index (χ2n) is 6.25. The number of halogens is 3. The van der Waals surface area contributed by atoms with E-state index in [4.69, 9.17) is 11.6 Å². The minimum Gasteiger partial charge on any atom is -0.367 e. The van der Waals surface area contributed by atoms with E-state index < -0.39 is 15.8 Å². The molecule has 0 radical (unpaired) electrons. The Kier molecular flexibility index (Phi) is 6.31. The Morgan fingerprint density at radius 3 is 2.37 bits per heavy atom. The molecule has 0 aliphatic carbocycles. The number of hydrogen-bond donors (Lipinski definition) is 1. The molecule has 3 rings (SSSR count). The topological polar surface area (TPSA) is 52.7 Å². The van der Waals surface area contributed by atoms with Crippen LogP contribution in [0.2, 0.25) is 5.02 Å². The number of sulfonamides is 1. The van der Waals surface area contributed by atoms with Crippen molar-refractivity contribution >= 4 is 27.3 Å². The lowest BCUT2D eigenvalue weighted by Gasteiger charge is -2.36. The third-order valence-electron chi connectivity index (χ3n) is 4.49. The SMILES string of the molecule is O=S(=O)(NCCN1CCN(c2ccccc2F)CC1)c1ccc(F)c(Cl)c1. The van der Waals surface area contributed by atoms with Gasteiger partial charge >= 0.3 is 0 Å². The van der Waals surface area contributed by atoms with E-state index in [1.165, 1.54) is 12.1 Å². The van der Waals surface area contributed by atoms with Crippen LogP contribution in [0.1, 0.15) is 0 Å². The van der Waals surface area contributed by atoms with Gasteiger partial charge < -0.3 is 4.90 Å². The van der Waals surface area contributed by atoms with Crippen LogP contribution in [0, 0.1) is 11.6 Å². The van der Waals surface area contributed by atoms with Gasteiger partial charge in [-0.05, 0) is 30.3 Å². The Balaban J connectivity index is 1.49. The Hall–Kier alpha value is -1.74. The third kappa shape index (κ3) is 4.95. The van der Waals surface area contributed by atoms with Crippen LogP contribution >= 0.6 is 11.6 Å². The molecule has 0 atom stereocenters. The van der Waals surface area contributed by atoms with Gasteiger partial charge in [0.25, 0.3) is 0 Å². The van der Waals surface area contributed by atoms with Crippen LogP contribution in [0.5, 0.6) is 0 Å². The largest absolute Gasteiger partial charge is 0.367 e. The number of nitrogens with one attached hydrogen (secondary N) is 1. The van der Waals surface area contributed by atoms with Gasteiger partial charge in [-0.2, -0.15) is 0 Å². The van der Waals surface area contributed by atoms with Gasteiger partial charge in [0.05, 0.1) is 15.6 Å². The molecule has 1 saturated heterocycles. The van der Waals surface area contributed by atoms with Crippen LogP contribution in [-0.2, 0) is 10.0 Å². The number of nitrogens with zero attached hydrogens (tertiary/aromatic N) is 2. The van der Waals surface area contributed by atoms with E-state index in [2.05, 4.69) is 9.62 Å². The number of para-hydroxylation sites is 1. The van der Waals surface area contributed by atoms with E-state index in [0.29, 0.717) is 38.4 Å². The highest BCUT2D eigenvalue weighted by molar-refractivity contribution is 7.89. The monoisotopic (exact) mass is 415 g/mol. The van der Waals surface area contributed by atoms with E-state index in [1.54, 1.807) is 18.2 Å². The smallest absolute Gasteiger partial charge is 0.240 e. The fourth-order valence-electron chi connectivity index (χ4n) is 2.99. The van der Waals surface area contributed by atoms with Crippen molar-refractivity contribution < 1.29 is 17.2 Å². The first-order valence-electron chi connectivity index (χ1n) is 8.53. The Bertz CT molecular complexity index is 903. The molecule has 1 fully saturated rings. The molecule has 0 amide bonds. The molecule has 27 heavy (non-hydrogen) atoms. The zero-order valence-corrected chi connectivity index (χ0v) is 16.1. The average molecular weight is 416 g/mol. The molecule has 146 valence electrons. The predicted molar refractivity (Wildman–Crippen MR) is 102 cm³/mol. The minimum atomic E-state index is -3.75. The summed E-state index contributed by atoms with van der Waals surface area (Å²) < 4.78 is 54.0. The summed E-state index contributed by atoms with van der Waals surface area (Å²) in [7, 11) is -3.75. The highest BCUT2D eigenvalue weighted by Gasteiger charge is 2.20. The van der Waals surface area contributed by atoms with Crippen LogP contribution in [0.4, 0.5) is 14.5 Å². The lowest BCUT2D eigenvalue weighted by Crippen LogP contribution is -2.48. The van der Waals surface area contributed by atoms with Crippen LogP contribution in [0.15, 0.2) is 47.4 Å². The molecule has 2 aromatic rings. The lowest BCUT2D eigenvalue weighted by molar-refractivity contribution is 0.261. The Morgan fingerprint density at radius 1 is 1.00 bits per heavy atom. The summed E-state index contributed by atoms with van der Waals surface area (Å²) in [5.74, 6) is -0.903. The van der Waals surface area contributed by atoms with Crippen molar-refractivity contribution in [2.75, 3.05) is 44.2 Å². The molecule has 0 bridgehead atoms. The first-order valence-corrected chi connectivity index (χ1v) is 10.4. The normalized spacial score (nSPS) is 15.9. The average Bonchev–Trinajstić information content (AvgIpc) is 2.65. The summed E-state index contributed by atoms with van der Waals surface area (Å²) in [6, 6.07) is 9.96. The second kappa shape index (κ2) is 8.52. The summed E-state index contributed by atoms with van der Waals surface area (Å²) in [6.07, 6.45) is 0. The van der Waals surface area contributed by atoms with Crippen molar-refractivity contribution in [2.24, 2.45) is 0 Å². The molecule has 5 nitrogen and oxygen atoms in total. The number of anilines is 1. The molecule has 0 unspecified atom stereocenters. The van der Waals surface area contributed by atoms with Gasteiger partial charge in [-0.1, -0.05) is 23.7 Å². The van der Waals surface area contributed by atoms with Crippen LogP contribution in [0.25, 0.3) is 0 Å². The second-order valence-corrected chi connectivity index (χ2v) is 8.43. The van der Waals surface area contributed by atoms with E-state index in [1.807, 2.05) is 4.90 Å². The van der Waals surface area contributed by atoms with Crippen molar-refractivity contribution in [3.8, 4) is 0 Å². The van der Waals surface area contributed by atoms with E-state index >= 15 is 0 Å². The standard InChI is InChI=1S/C18H20ClF2N3O2S/c19-15-13-14(5-6-16(15)20)27(25,26)22-7-8-23-9-11-24(12-10-23)18-4-2-1-3-17(18)21/h1-6,13,22H,7-12H2. The molecule has 9 heteroatoms. The van der Waals surface area contributed by atoms with Crippen molar-refractivity contribution in [2.45, 2.75) is 4.90 Å². The zero-order chi connectivity index (χ0) is 19.4.